The van der Waals surface area contributed by atoms with Gasteiger partial charge in [-0.3, -0.25) is 0 Å². The van der Waals surface area contributed by atoms with Crippen LogP contribution in [0, 0.1) is 5.82 Å². The molecule has 0 atom stereocenters. The molecule has 2 rings (SSSR count). The third-order valence-corrected chi connectivity index (χ3v) is 4.79. The van der Waals surface area contributed by atoms with Crippen LogP contribution in [0.5, 0.6) is 0 Å². The summed E-state index contributed by atoms with van der Waals surface area (Å²) in [6.07, 6.45) is 1.67. The fourth-order valence-corrected chi connectivity index (χ4v) is 3.24. The van der Waals surface area contributed by atoms with E-state index in [4.69, 9.17) is 4.42 Å². The lowest BCUT2D eigenvalue weighted by atomic mass is 10.2. The normalized spacial score (nSPS) is 11.3. The van der Waals surface area contributed by atoms with Crippen molar-refractivity contribution in [1.82, 2.24) is 20.8 Å². The van der Waals surface area contributed by atoms with Crippen LogP contribution in [0.1, 0.15) is 31.2 Å². The van der Waals surface area contributed by atoms with Gasteiger partial charge in [0.05, 0.1) is 5.75 Å². The molecule has 0 aliphatic heterocycles. The molecule has 10 heteroatoms. The molecule has 2 aromatic rings. The maximum Gasteiger partial charge on any atom is 0.335 e. The summed E-state index contributed by atoms with van der Waals surface area (Å²) in [5.74, 6) is -1.02. The number of aromatic nitrogens is 2. The molecule has 0 aliphatic carbocycles. The Labute approximate surface area is 151 Å². The third kappa shape index (κ3) is 5.80. The Morgan fingerprint density at radius 2 is 1.92 bits per heavy atom. The van der Waals surface area contributed by atoms with Crippen molar-refractivity contribution in [2.75, 3.05) is 13.1 Å². The minimum absolute atomic E-state index is 0.0366. The standard InChI is InChI=1S/C16H21FN4O4S/c1-2-9-18-15(22)19-10-5-8-14-20-21-16(25-14)26(23,24)11-12-6-3-4-7-13(12)17/h3-4,6-7H,2,5,8-11H2,1H3,(H2,18,19,22). The highest BCUT2D eigenvalue weighted by atomic mass is 32.2. The molecule has 2 amide bonds. The van der Waals surface area contributed by atoms with Gasteiger partial charge in [0.1, 0.15) is 5.82 Å². The van der Waals surface area contributed by atoms with E-state index in [0.717, 1.165) is 6.42 Å². The van der Waals surface area contributed by atoms with Crippen LogP contribution in [0.2, 0.25) is 0 Å². The first kappa shape index (κ1) is 19.8. The Bertz CT molecular complexity index is 838. The van der Waals surface area contributed by atoms with Gasteiger partial charge in [0, 0.05) is 25.1 Å². The van der Waals surface area contributed by atoms with E-state index < -0.39 is 26.6 Å². The van der Waals surface area contributed by atoms with Gasteiger partial charge in [0.25, 0.3) is 0 Å². The lowest BCUT2D eigenvalue weighted by molar-refractivity contribution is 0.240. The average Bonchev–Trinajstić information content (AvgIpc) is 3.09. The first-order valence-corrected chi connectivity index (χ1v) is 9.88. The Morgan fingerprint density at radius 3 is 2.65 bits per heavy atom. The summed E-state index contributed by atoms with van der Waals surface area (Å²) in [4.78, 5) is 11.4. The van der Waals surface area contributed by atoms with Crippen LogP contribution in [-0.4, -0.2) is 37.7 Å². The molecule has 26 heavy (non-hydrogen) atoms. The highest BCUT2D eigenvalue weighted by Crippen LogP contribution is 2.17. The number of hydrogen-bond donors (Lipinski definition) is 2. The van der Waals surface area contributed by atoms with Crippen molar-refractivity contribution in [3.05, 3.63) is 41.5 Å². The molecular weight excluding hydrogens is 363 g/mol. The zero-order chi connectivity index (χ0) is 19.0. The summed E-state index contributed by atoms with van der Waals surface area (Å²) in [5, 5.41) is 12.0. The number of urea groups is 1. The maximum absolute atomic E-state index is 13.6. The van der Waals surface area contributed by atoms with Gasteiger partial charge >= 0.3 is 11.3 Å². The Balaban J connectivity index is 1.86. The first-order chi connectivity index (χ1) is 12.4. The van der Waals surface area contributed by atoms with E-state index >= 15 is 0 Å². The van der Waals surface area contributed by atoms with Gasteiger partial charge in [-0.1, -0.05) is 30.2 Å². The molecule has 0 bridgehead atoms. The molecule has 8 nitrogen and oxygen atoms in total. The SMILES string of the molecule is CCCNC(=O)NCCCc1nnc(S(=O)(=O)Cc2ccccc2F)o1. The van der Waals surface area contributed by atoms with Crippen molar-refractivity contribution in [2.24, 2.45) is 0 Å². The number of benzene rings is 1. The van der Waals surface area contributed by atoms with Crippen molar-refractivity contribution < 1.29 is 22.0 Å². The van der Waals surface area contributed by atoms with Crippen molar-refractivity contribution in [3.63, 3.8) is 0 Å². The molecule has 0 saturated carbocycles. The zero-order valence-corrected chi connectivity index (χ0v) is 15.2. The molecule has 1 aromatic heterocycles. The fraction of sp³-hybridized carbons (Fsp3) is 0.438. The van der Waals surface area contributed by atoms with Crippen LogP contribution >= 0.6 is 0 Å². The molecule has 0 fully saturated rings. The summed E-state index contributed by atoms with van der Waals surface area (Å²) in [7, 11) is -3.93. The molecule has 2 N–H and O–H groups in total. The van der Waals surface area contributed by atoms with Crippen LogP contribution in [0.4, 0.5) is 9.18 Å². The largest absolute Gasteiger partial charge is 0.413 e. The number of sulfone groups is 1. The monoisotopic (exact) mass is 384 g/mol. The molecule has 0 saturated heterocycles. The number of rotatable bonds is 9. The van der Waals surface area contributed by atoms with Gasteiger partial charge in [0.2, 0.25) is 15.7 Å². The Morgan fingerprint density at radius 1 is 1.19 bits per heavy atom. The topological polar surface area (TPSA) is 114 Å². The van der Waals surface area contributed by atoms with Gasteiger partial charge in [-0.2, -0.15) is 0 Å². The first-order valence-electron chi connectivity index (χ1n) is 8.22. The zero-order valence-electron chi connectivity index (χ0n) is 14.4. The number of carbonyl (C=O) groups excluding carboxylic acids is 1. The van der Waals surface area contributed by atoms with Gasteiger partial charge in [-0.05, 0) is 18.9 Å². The molecule has 1 heterocycles. The summed E-state index contributed by atoms with van der Waals surface area (Å²) >= 11 is 0. The van der Waals surface area contributed by atoms with Gasteiger partial charge < -0.3 is 15.1 Å². The number of aryl methyl sites for hydroxylation is 1. The lowest BCUT2D eigenvalue weighted by Crippen LogP contribution is -2.36. The third-order valence-electron chi connectivity index (χ3n) is 3.41. The van der Waals surface area contributed by atoms with E-state index in [1.165, 1.54) is 18.2 Å². The molecule has 0 spiro atoms. The van der Waals surface area contributed by atoms with E-state index in [0.29, 0.717) is 25.9 Å². The van der Waals surface area contributed by atoms with E-state index in [1.54, 1.807) is 6.07 Å². The lowest BCUT2D eigenvalue weighted by Gasteiger charge is -2.05. The second-order valence-electron chi connectivity index (χ2n) is 5.60. The summed E-state index contributed by atoms with van der Waals surface area (Å²) < 4.78 is 43.3. The summed E-state index contributed by atoms with van der Waals surface area (Å²) in [6, 6.07) is 5.35. The number of nitrogens with zero attached hydrogens (tertiary/aromatic N) is 2. The smallest absolute Gasteiger partial charge is 0.335 e. The molecule has 0 aliphatic rings. The van der Waals surface area contributed by atoms with Crippen molar-refractivity contribution >= 4 is 15.9 Å². The fourth-order valence-electron chi connectivity index (χ4n) is 2.09. The highest BCUT2D eigenvalue weighted by Gasteiger charge is 2.24. The van der Waals surface area contributed by atoms with Gasteiger partial charge in [-0.15, -0.1) is 5.10 Å². The maximum atomic E-state index is 13.6. The predicted molar refractivity (Wildman–Crippen MR) is 91.6 cm³/mol. The second kappa shape index (κ2) is 9.27. The summed E-state index contributed by atoms with van der Waals surface area (Å²) in [5.41, 5.74) is 0.0366. The predicted octanol–water partition coefficient (Wildman–Crippen LogP) is 1.82. The number of carbonyl (C=O) groups is 1. The van der Waals surface area contributed by atoms with Crippen LogP contribution in [0.15, 0.2) is 33.9 Å². The van der Waals surface area contributed by atoms with E-state index in [1.807, 2.05) is 6.92 Å². The van der Waals surface area contributed by atoms with Crippen LogP contribution in [0.25, 0.3) is 0 Å². The van der Waals surface area contributed by atoms with Gasteiger partial charge in [0.15, 0.2) is 0 Å². The van der Waals surface area contributed by atoms with E-state index in [2.05, 4.69) is 20.8 Å². The second-order valence-corrected chi connectivity index (χ2v) is 7.47. The van der Waals surface area contributed by atoms with Crippen molar-refractivity contribution in [2.45, 2.75) is 37.2 Å². The quantitative estimate of drug-likeness (QED) is 0.638. The average molecular weight is 384 g/mol. The number of halogens is 1. The highest BCUT2D eigenvalue weighted by molar-refractivity contribution is 7.90. The Hall–Kier alpha value is -2.49. The van der Waals surface area contributed by atoms with Crippen LogP contribution < -0.4 is 10.6 Å². The molecule has 0 radical (unpaired) electrons. The minimum Gasteiger partial charge on any atom is -0.413 e. The minimum atomic E-state index is -3.93. The Kier molecular flexibility index (Phi) is 7.07. The number of nitrogens with one attached hydrogen (secondary N) is 2. The van der Waals surface area contributed by atoms with E-state index in [-0.39, 0.29) is 17.5 Å². The van der Waals surface area contributed by atoms with E-state index in [9.17, 15) is 17.6 Å². The summed E-state index contributed by atoms with van der Waals surface area (Å²) in [6.45, 7) is 2.93. The molecule has 142 valence electrons. The van der Waals surface area contributed by atoms with Crippen molar-refractivity contribution in [1.29, 1.82) is 0 Å². The van der Waals surface area contributed by atoms with Crippen molar-refractivity contribution in [3.8, 4) is 0 Å². The number of amides is 2. The molecule has 1 aromatic carbocycles. The number of hydrogen-bond acceptors (Lipinski definition) is 6. The van der Waals surface area contributed by atoms with Crippen LogP contribution in [-0.2, 0) is 22.0 Å². The molecule has 0 unspecified atom stereocenters. The van der Waals surface area contributed by atoms with Gasteiger partial charge in [-0.25, -0.2) is 17.6 Å². The van der Waals surface area contributed by atoms with Crippen LogP contribution in [0.3, 0.4) is 0 Å². The molecular formula is C16H21FN4O4S.